The number of carbonyl (C=O) groups is 5. The largest absolute Gasteiger partial charge is 0.351 e. The minimum atomic E-state index is -0.983. The Hall–Kier alpha value is -2.45. The van der Waals surface area contributed by atoms with E-state index in [9.17, 15) is 24.0 Å². The van der Waals surface area contributed by atoms with Gasteiger partial charge in [0, 0.05) is 14.1 Å². The molecule has 0 aromatic heterocycles. The van der Waals surface area contributed by atoms with E-state index in [1.54, 1.807) is 0 Å². The molecule has 4 amide bonds. The second-order valence-electron chi connectivity index (χ2n) is 3.67. The van der Waals surface area contributed by atoms with Crippen LogP contribution in [0.15, 0.2) is 0 Å². The fourth-order valence-corrected chi connectivity index (χ4v) is 0.869. The predicted molar refractivity (Wildman–Crippen MR) is 63.8 cm³/mol. The standard InChI is InChI=1S/C10H16N4O5/c1-14(2)9(18)5-12-8(17)4-13-10(19)7(16)3-11-6-15/h6H,3-5H2,1-2H3,(H,11,15)(H,12,17)(H,13,19). The van der Waals surface area contributed by atoms with Gasteiger partial charge in [0.2, 0.25) is 24.0 Å². The molecule has 0 bridgehead atoms. The molecular weight excluding hydrogens is 256 g/mol. The highest BCUT2D eigenvalue weighted by atomic mass is 16.2. The van der Waals surface area contributed by atoms with Crippen molar-refractivity contribution in [2.75, 3.05) is 33.7 Å². The Labute approximate surface area is 109 Å². The quantitative estimate of drug-likeness (QED) is 0.314. The third-order valence-corrected chi connectivity index (χ3v) is 1.94. The van der Waals surface area contributed by atoms with E-state index in [1.807, 2.05) is 5.32 Å². The zero-order chi connectivity index (χ0) is 14.8. The van der Waals surface area contributed by atoms with E-state index in [0.29, 0.717) is 0 Å². The van der Waals surface area contributed by atoms with Gasteiger partial charge in [0.25, 0.3) is 5.91 Å². The third kappa shape index (κ3) is 7.47. The Morgan fingerprint density at radius 2 is 1.63 bits per heavy atom. The molecule has 0 heterocycles. The maximum Gasteiger partial charge on any atom is 0.289 e. The Kier molecular flexibility index (Phi) is 7.50. The first-order valence-electron chi connectivity index (χ1n) is 5.33. The van der Waals surface area contributed by atoms with Crippen LogP contribution in [-0.2, 0) is 24.0 Å². The molecule has 0 fully saturated rings. The maximum atomic E-state index is 11.2. The monoisotopic (exact) mass is 272 g/mol. The van der Waals surface area contributed by atoms with Gasteiger partial charge < -0.3 is 20.9 Å². The molecule has 0 saturated heterocycles. The van der Waals surface area contributed by atoms with Crippen LogP contribution in [0, 0.1) is 0 Å². The summed E-state index contributed by atoms with van der Waals surface area (Å²) in [6, 6.07) is 0. The summed E-state index contributed by atoms with van der Waals surface area (Å²) in [6.07, 6.45) is 0.282. The lowest BCUT2D eigenvalue weighted by molar-refractivity contribution is -0.138. The molecule has 0 aromatic carbocycles. The summed E-state index contributed by atoms with van der Waals surface area (Å²) >= 11 is 0. The summed E-state index contributed by atoms with van der Waals surface area (Å²) in [5, 5.41) is 6.36. The van der Waals surface area contributed by atoms with Crippen molar-refractivity contribution in [3.8, 4) is 0 Å². The van der Waals surface area contributed by atoms with E-state index in [4.69, 9.17) is 0 Å². The first-order chi connectivity index (χ1) is 8.88. The lowest BCUT2D eigenvalue weighted by Crippen LogP contribution is -2.44. The number of amides is 4. The summed E-state index contributed by atoms with van der Waals surface area (Å²) in [6.45, 7) is -1.05. The number of nitrogens with zero attached hydrogens (tertiary/aromatic N) is 1. The van der Waals surface area contributed by atoms with E-state index in [0.717, 1.165) is 0 Å². The van der Waals surface area contributed by atoms with E-state index < -0.39 is 30.7 Å². The van der Waals surface area contributed by atoms with E-state index >= 15 is 0 Å². The normalized spacial score (nSPS) is 9.16. The molecule has 0 radical (unpaired) electrons. The Morgan fingerprint density at radius 1 is 1.00 bits per heavy atom. The molecule has 0 atom stereocenters. The predicted octanol–water partition coefficient (Wildman–Crippen LogP) is -3.38. The Morgan fingerprint density at radius 3 is 2.16 bits per heavy atom. The molecule has 0 unspecified atom stereocenters. The van der Waals surface area contributed by atoms with Crippen LogP contribution in [0.3, 0.4) is 0 Å². The molecule has 0 aromatic rings. The molecule has 0 aliphatic heterocycles. The van der Waals surface area contributed by atoms with Gasteiger partial charge in [0.05, 0.1) is 19.6 Å². The maximum absolute atomic E-state index is 11.2. The van der Waals surface area contributed by atoms with Gasteiger partial charge in [0.1, 0.15) is 0 Å². The SMILES string of the molecule is CN(C)C(=O)CNC(=O)CNC(=O)C(=O)CNC=O. The van der Waals surface area contributed by atoms with Gasteiger partial charge in [-0.25, -0.2) is 0 Å². The van der Waals surface area contributed by atoms with Crippen molar-refractivity contribution in [1.82, 2.24) is 20.9 Å². The van der Waals surface area contributed by atoms with E-state index in [-0.39, 0.29) is 18.9 Å². The lowest BCUT2D eigenvalue weighted by Gasteiger charge is -2.11. The highest BCUT2D eigenvalue weighted by molar-refractivity contribution is 6.37. The van der Waals surface area contributed by atoms with Crippen LogP contribution in [0.2, 0.25) is 0 Å². The molecule has 9 nitrogen and oxygen atoms in total. The topological polar surface area (TPSA) is 125 Å². The first kappa shape index (κ1) is 16.6. The smallest absolute Gasteiger partial charge is 0.289 e. The van der Waals surface area contributed by atoms with Gasteiger partial charge in [-0.2, -0.15) is 0 Å². The summed E-state index contributed by atoms with van der Waals surface area (Å²) in [5.41, 5.74) is 0. The van der Waals surface area contributed by atoms with Crippen molar-refractivity contribution in [2.45, 2.75) is 0 Å². The van der Waals surface area contributed by atoms with E-state index in [2.05, 4.69) is 10.6 Å². The van der Waals surface area contributed by atoms with Gasteiger partial charge >= 0.3 is 0 Å². The van der Waals surface area contributed by atoms with Crippen molar-refractivity contribution in [1.29, 1.82) is 0 Å². The fraction of sp³-hybridized carbons (Fsp3) is 0.500. The van der Waals surface area contributed by atoms with Crippen molar-refractivity contribution < 1.29 is 24.0 Å². The van der Waals surface area contributed by atoms with Gasteiger partial charge in [-0.3, -0.25) is 24.0 Å². The van der Waals surface area contributed by atoms with Gasteiger partial charge in [-0.15, -0.1) is 0 Å². The average molecular weight is 272 g/mol. The van der Waals surface area contributed by atoms with Crippen LogP contribution >= 0.6 is 0 Å². The van der Waals surface area contributed by atoms with Crippen molar-refractivity contribution in [3.05, 3.63) is 0 Å². The Balaban J connectivity index is 3.90. The molecule has 0 aliphatic rings. The van der Waals surface area contributed by atoms with Crippen LogP contribution in [-0.4, -0.2) is 68.5 Å². The highest BCUT2D eigenvalue weighted by Crippen LogP contribution is 1.76. The van der Waals surface area contributed by atoms with Crippen LogP contribution in [0.25, 0.3) is 0 Å². The highest BCUT2D eigenvalue weighted by Gasteiger charge is 2.14. The molecule has 0 saturated carbocycles. The van der Waals surface area contributed by atoms with Crippen LogP contribution in [0.4, 0.5) is 0 Å². The van der Waals surface area contributed by atoms with Crippen molar-refractivity contribution >= 4 is 29.9 Å². The average Bonchev–Trinajstić information content (AvgIpc) is 2.38. The first-order valence-corrected chi connectivity index (χ1v) is 5.33. The molecule has 3 N–H and O–H groups in total. The number of hydrogen-bond acceptors (Lipinski definition) is 5. The molecular formula is C10H16N4O5. The number of nitrogens with one attached hydrogen (secondary N) is 3. The zero-order valence-corrected chi connectivity index (χ0v) is 10.7. The second kappa shape index (κ2) is 8.61. The van der Waals surface area contributed by atoms with Crippen LogP contribution in [0.5, 0.6) is 0 Å². The molecule has 0 aliphatic carbocycles. The van der Waals surface area contributed by atoms with Crippen molar-refractivity contribution in [3.63, 3.8) is 0 Å². The minimum Gasteiger partial charge on any atom is -0.351 e. The molecule has 9 heteroatoms. The zero-order valence-electron chi connectivity index (χ0n) is 10.7. The van der Waals surface area contributed by atoms with E-state index in [1.165, 1.54) is 19.0 Å². The number of Topliss-reactive ketones (excluding diaryl/α,β-unsaturated/α-hetero) is 1. The van der Waals surface area contributed by atoms with Gasteiger partial charge in [-0.1, -0.05) is 0 Å². The number of ketones is 1. The molecule has 106 valence electrons. The number of hydrogen-bond donors (Lipinski definition) is 3. The van der Waals surface area contributed by atoms with Crippen LogP contribution < -0.4 is 16.0 Å². The summed E-state index contributed by atoms with van der Waals surface area (Å²) in [4.78, 5) is 55.7. The number of likely N-dealkylation sites (N-methyl/N-ethyl adjacent to an activating group) is 1. The number of carbonyl (C=O) groups excluding carboxylic acids is 5. The van der Waals surface area contributed by atoms with Crippen molar-refractivity contribution in [2.24, 2.45) is 0 Å². The fourth-order valence-electron chi connectivity index (χ4n) is 0.869. The minimum absolute atomic E-state index is 0.192. The summed E-state index contributed by atoms with van der Waals surface area (Å²) < 4.78 is 0. The molecule has 0 spiro atoms. The van der Waals surface area contributed by atoms with Gasteiger partial charge in [-0.05, 0) is 0 Å². The number of rotatable bonds is 8. The van der Waals surface area contributed by atoms with Crippen LogP contribution in [0.1, 0.15) is 0 Å². The van der Waals surface area contributed by atoms with Gasteiger partial charge in [0.15, 0.2) is 0 Å². The summed E-state index contributed by atoms with van der Waals surface area (Å²) in [5.74, 6) is -2.75. The lowest BCUT2D eigenvalue weighted by atomic mass is 10.3. The Bertz CT molecular complexity index is 380. The third-order valence-electron chi connectivity index (χ3n) is 1.94. The summed E-state index contributed by atoms with van der Waals surface area (Å²) in [7, 11) is 3.07. The molecule has 19 heavy (non-hydrogen) atoms. The second-order valence-corrected chi connectivity index (χ2v) is 3.67. The molecule has 0 rings (SSSR count).